The second-order valence-electron chi connectivity index (χ2n) is 6.29. The smallest absolute Gasteiger partial charge is 0.338 e. The highest BCUT2D eigenvalue weighted by Gasteiger charge is 2.22. The highest BCUT2D eigenvalue weighted by molar-refractivity contribution is 7.89. The third-order valence-electron chi connectivity index (χ3n) is 4.16. The molecule has 0 bridgehead atoms. The maximum absolute atomic E-state index is 12.4. The molecule has 146 valence electrons. The molecule has 1 aromatic rings. The molecule has 0 saturated carbocycles. The summed E-state index contributed by atoms with van der Waals surface area (Å²) in [6, 6.07) is 5.47. The lowest BCUT2D eigenvalue weighted by molar-refractivity contribution is -0.125. The van der Waals surface area contributed by atoms with Crippen LogP contribution in [0.4, 0.5) is 0 Å². The van der Waals surface area contributed by atoms with Crippen molar-refractivity contribution < 1.29 is 22.7 Å². The Morgan fingerprint density at radius 3 is 2.08 bits per heavy atom. The van der Waals surface area contributed by atoms with Gasteiger partial charge in [0.2, 0.25) is 10.0 Å². The molecule has 7 nitrogen and oxygen atoms in total. The van der Waals surface area contributed by atoms with E-state index in [1.807, 2.05) is 20.8 Å². The number of benzene rings is 1. The number of rotatable bonds is 9. The molecular formula is C18H28N2O5S. The first-order valence-electron chi connectivity index (χ1n) is 8.70. The van der Waals surface area contributed by atoms with Crippen molar-refractivity contribution in [3.63, 3.8) is 0 Å². The van der Waals surface area contributed by atoms with Gasteiger partial charge in [0, 0.05) is 19.1 Å². The van der Waals surface area contributed by atoms with Crippen LogP contribution in [0, 0.1) is 5.92 Å². The molecule has 0 spiro atoms. The van der Waals surface area contributed by atoms with Crippen LogP contribution in [0.5, 0.6) is 0 Å². The van der Waals surface area contributed by atoms with E-state index in [4.69, 9.17) is 4.74 Å². The second-order valence-corrected chi connectivity index (χ2v) is 8.23. The Kier molecular flexibility index (Phi) is 8.23. The zero-order valence-electron chi connectivity index (χ0n) is 16.0. The summed E-state index contributed by atoms with van der Waals surface area (Å²) >= 11 is 0. The summed E-state index contributed by atoms with van der Waals surface area (Å²) in [7, 11) is -3.57. The molecule has 1 amide bonds. The van der Waals surface area contributed by atoms with Gasteiger partial charge in [-0.15, -0.1) is 0 Å². The first-order chi connectivity index (χ1) is 12.1. The summed E-state index contributed by atoms with van der Waals surface area (Å²) in [5, 5.41) is 2.74. The van der Waals surface area contributed by atoms with Gasteiger partial charge in [0.25, 0.3) is 5.91 Å². The Morgan fingerprint density at radius 1 is 1.08 bits per heavy atom. The molecule has 0 saturated heterocycles. The van der Waals surface area contributed by atoms with Gasteiger partial charge in [-0.25, -0.2) is 13.2 Å². The van der Waals surface area contributed by atoms with Gasteiger partial charge in [-0.1, -0.05) is 27.7 Å². The quantitative estimate of drug-likeness (QED) is 0.658. The van der Waals surface area contributed by atoms with Crippen LogP contribution in [-0.4, -0.2) is 50.3 Å². The molecule has 0 fully saturated rings. The largest absolute Gasteiger partial charge is 0.452 e. The number of ether oxygens (including phenoxy) is 1. The molecular weight excluding hydrogens is 356 g/mol. The first-order valence-corrected chi connectivity index (χ1v) is 10.1. The number of amides is 1. The van der Waals surface area contributed by atoms with Crippen molar-refractivity contribution in [2.24, 2.45) is 5.92 Å². The molecule has 0 radical (unpaired) electrons. The molecule has 0 aliphatic carbocycles. The lowest BCUT2D eigenvalue weighted by Crippen LogP contribution is -2.38. The van der Waals surface area contributed by atoms with Crippen LogP contribution in [0.3, 0.4) is 0 Å². The van der Waals surface area contributed by atoms with Crippen LogP contribution >= 0.6 is 0 Å². The number of sulfonamides is 1. The number of esters is 1. The van der Waals surface area contributed by atoms with Crippen molar-refractivity contribution in [3.05, 3.63) is 29.8 Å². The van der Waals surface area contributed by atoms with Crippen molar-refractivity contribution >= 4 is 21.9 Å². The summed E-state index contributed by atoms with van der Waals surface area (Å²) < 4.78 is 31.1. The Bertz CT molecular complexity index is 710. The van der Waals surface area contributed by atoms with E-state index in [2.05, 4.69) is 5.32 Å². The van der Waals surface area contributed by atoms with Crippen molar-refractivity contribution in [1.82, 2.24) is 9.62 Å². The molecule has 0 heterocycles. The summed E-state index contributed by atoms with van der Waals surface area (Å²) in [6.07, 6.45) is 0. The van der Waals surface area contributed by atoms with E-state index in [-0.39, 0.29) is 34.9 Å². The highest BCUT2D eigenvalue weighted by Crippen LogP contribution is 2.16. The number of nitrogens with zero attached hydrogens (tertiary/aromatic N) is 1. The van der Waals surface area contributed by atoms with Crippen LogP contribution < -0.4 is 5.32 Å². The Morgan fingerprint density at radius 2 is 1.62 bits per heavy atom. The van der Waals surface area contributed by atoms with Gasteiger partial charge in [0.15, 0.2) is 6.61 Å². The lowest BCUT2D eigenvalue weighted by Gasteiger charge is -2.18. The highest BCUT2D eigenvalue weighted by atomic mass is 32.2. The van der Waals surface area contributed by atoms with Crippen LogP contribution in [0.1, 0.15) is 45.0 Å². The summed E-state index contributed by atoms with van der Waals surface area (Å²) in [5.74, 6) is -0.778. The van der Waals surface area contributed by atoms with E-state index < -0.39 is 16.0 Å². The zero-order valence-corrected chi connectivity index (χ0v) is 16.8. The van der Waals surface area contributed by atoms with E-state index in [9.17, 15) is 18.0 Å². The van der Waals surface area contributed by atoms with E-state index in [1.165, 1.54) is 28.6 Å². The van der Waals surface area contributed by atoms with E-state index in [0.29, 0.717) is 13.1 Å². The van der Waals surface area contributed by atoms with Crippen LogP contribution in [0.15, 0.2) is 29.2 Å². The minimum Gasteiger partial charge on any atom is -0.452 e. The van der Waals surface area contributed by atoms with Crippen molar-refractivity contribution in [3.8, 4) is 0 Å². The maximum atomic E-state index is 12.4. The van der Waals surface area contributed by atoms with Gasteiger partial charge in [0.1, 0.15) is 0 Å². The summed E-state index contributed by atoms with van der Waals surface area (Å²) in [5.41, 5.74) is 0.188. The van der Waals surface area contributed by atoms with Gasteiger partial charge >= 0.3 is 5.97 Å². The Hall–Kier alpha value is -1.93. The van der Waals surface area contributed by atoms with Gasteiger partial charge in [0.05, 0.1) is 10.5 Å². The number of carbonyl (C=O) groups excluding carboxylic acids is 2. The summed E-state index contributed by atoms with van der Waals surface area (Å²) in [6.45, 7) is 9.71. The van der Waals surface area contributed by atoms with E-state index in [1.54, 1.807) is 13.8 Å². The molecule has 1 atom stereocenters. The molecule has 1 N–H and O–H groups in total. The fourth-order valence-electron chi connectivity index (χ4n) is 2.15. The van der Waals surface area contributed by atoms with Gasteiger partial charge in [-0.2, -0.15) is 4.31 Å². The number of hydrogen-bond donors (Lipinski definition) is 1. The fourth-order valence-corrected chi connectivity index (χ4v) is 3.61. The molecule has 0 aromatic heterocycles. The Balaban J connectivity index is 2.71. The van der Waals surface area contributed by atoms with Gasteiger partial charge in [-0.05, 0) is 37.1 Å². The van der Waals surface area contributed by atoms with Crippen LogP contribution in [0.25, 0.3) is 0 Å². The average Bonchev–Trinajstić information content (AvgIpc) is 2.60. The van der Waals surface area contributed by atoms with E-state index in [0.717, 1.165) is 0 Å². The minimum atomic E-state index is -3.57. The van der Waals surface area contributed by atoms with Crippen LogP contribution in [0.2, 0.25) is 0 Å². The predicted octanol–water partition coefficient (Wildman–Crippen LogP) is 2.03. The van der Waals surface area contributed by atoms with Crippen molar-refractivity contribution in [2.75, 3.05) is 19.7 Å². The topological polar surface area (TPSA) is 92.8 Å². The number of nitrogens with one attached hydrogen (secondary N) is 1. The normalized spacial score (nSPS) is 12.9. The van der Waals surface area contributed by atoms with Gasteiger partial charge in [-0.3, -0.25) is 4.79 Å². The molecule has 0 unspecified atom stereocenters. The lowest BCUT2D eigenvalue weighted by atomic mass is 10.1. The molecule has 1 aromatic carbocycles. The predicted molar refractivity (Wildman–Crippen MR) is 99.3 cm³/mol. The molecule has 0 aliphatic heterocycles. The zero-order chi connectivity index (χ0) is 19.9. The fraction of sp³-hybridized carbons (Fsp3) is 0.556. The second kappa shape index (κ2) is 9.68. The molecule has 0 aliphatic rings. The minimum absolute atomic E-state index is 0.0224. The maximum Gasteiger partial charge on any atom is 0.338 e. The van der Waals surface area contributed by atoms with Crippen molar-refractivity contribution in [2.45, 2.75) is 45.6 Å². The Labute approximate surface area is 155 Å². The summed E-state index contributed by atoms with van der Waals surface area (Å²) in [4.78, 5) is 23.9. The number of hydrogen-bond acceptors (Lipinski definition) is 5. The molecule has 26 heavy (non-hydrogen) atoms. The SMILES string of the molecule is CCN(CC)S(=O)(=O)c1ccc(C(=O)OCC(=O)N[C@H](C)C(C)C)cc1. The van der Waals surface area contributed by atoms with E-state index >= 15 is 0 Å². The molecule has 8 heteroatoms. The standard InChI is InChI=1S/C18H28N2O5S/c1-6-20(7-2)26(23,24)16-10-8-15(9-11-16)18(22)25-12-17(21)19-14(5)13(3)4/h8-11,13-14H,6-7,12H2,1-5H3,(H,19,21)/t14-/m1/s1. The van der Waals surface area contributed by atoms with Crippen LogP contribution in [-0.2, 0) is 19.6 Å². The average molecular weight is 384 g/mol. The van der Waals surface area contributed by atoms with Crippen molar-refractivity contribution in [1.29, 1.82) is 0 Å². The van der Waals surface area contributed by atoms with Gasteiger partial charge < -0.3 is 10.1 Å². The third kappa shape index (κ3) is 5.81. The first kappa shape index (κ1) is 22.1. The molecule has 1 rings (SSSR count). The number of carbonyl (C=O) groups is 2. The monoisotopic (exact) mass is 384 g/mol. The third-order valence-corrected chi connectivity index (χ3v) is 6.22.